The zero-order chi connectivity index (χ0) is 16.7. The molecule has 0 aliphatic heterocycles. The van der Waals surface area contributed by atoms with Crippen LogP contribution >= 0.6 is 0 Å². The topological polar surface area (TPSA) is 108 Å². The minimum Gasteiger partial charge on any atom is -0.480 e. The number of rotatable bonds is 6. The number of halogens is 1. The number of carbonyl (C=O) groups excluding carboxylic acids is 2. The third kappa shape index (κ3) is 5.39. The van der Waals surface area contributed by atoms with E-state index in [4.69, 9.17) is 5.11 Å². The summed E-state index contributed by atoms with van der Waals surface area (Å²) >= 11 is 0. The number of carbonyl (C=O) groups is 3. The Hall–Kier alpha value is -2.64. The van der Waals surface area contributed by atoms with Gasteiger partial charge in [0.1, 0.15) is 6.67 Å². The van der Waals surface area contributed by atoms with Crippen LogP contribution in [-0.2, 0) is 4.79 Å². The first-order chi connectivity index (χ1) is 10.3. The van der Waals surface area contributed by atoms with Crippen molar-refractivity contribution in [1.82, 2.24) is 10.6 Å². The summed E-state index contributed by atoms with van der Waals surface area (Å²) in [6.07, 6.45) is 0. The molecule has 0 aliphatic rings. The maximum Gasteiger partial charge on any atom is 0.328 e. The van der Waals surface area contributed by atoms with Crippen molar-refractivity contribution in [3.05, 3.63) is 29.8 Å². The number of benzene rings is 1. The molecule has 0 bridgehead atoms. The molecule has 8 heteroatoms. The summed E-state index contributed by atoms with van der Waals surface area (Å²) < 4.78 is 12.4. The molecule has 7 nitrogen and oxygen atoms in total. The number of carboxylic acid groups (broad SMARTS) is 1. The number of nitrogens with one attached hydrogen (secondary N) is 3. The van der Waals surface area contributed by atoms with Gasteiger partial charge >= 0.3 is 12.0 Å². The molecule has 1 atom stereocenters. The standard InChI is InChI=1S/C14H18FN3O4/c1-8(2)16-14(22)17-10-5-3-9(4-6-10)12(19)18-11(7-15)13(20)21/h3-6,8,11H,7H2,1-2H3,(H,18,19)(H,20,21)(H2,16,17,22). The Kier molecular flexibility index (Phi) is 6.30. The molecule has 3 amide bonds. The third-order valence-corrected chi connectivity index (χ3v) is 2.58. The van der Waals surface area contributed by atoms with Gasteiger partial charge in [0.25, 0.3) is 5.91 Å². The summed E-state index contributed by atoms with van der Waals surface area (Å²) in [5.74, 6) is -2.15. The summed E-state index contributed by atoms with van der Waals surface area (Å²) in [6, 6.07) is 3.80. The molecule has 1 unspecified atom stereocenters. The molecule has 0 fully saturated rings. The van der Waals surface area contributed by atoms with Crippen LogP contribution in [0.2, 0.25) is 0 Å². The van der Waals surface area contributed by atoms with E-state index < -0.39 is 24.6 Å². The van der Waals surface area contributed by atoms with Crippen molar-refractivity contribution in [3.63, 3.8) is 0 Å². The Bertz CT molecular complexity index is 546. The highest BCUT2D eigenvalue weighted by molar-refractivity contribution is 5.97. The van der Waals surface area contributed by atoms with Crippen LogP contribution in [0.1, 0.15) is 24.2 Å². The fourth-order valence-corrected chi connectivity index (χ4v) is 1.54. The van der Waals surface area contributed by atoms with Crippen LogP contribution in [0.4, 0.5) is 14.9 Å². The Morgan fingerprint density at radius 3 is 2.18 bits per heavy atom. The van der Waals surface area contributed by atoms with E-state index in [0.29, 0.717) is 5.69 Å². The van der Waals surface area contributed by atoms with E-state index in [9.17, 15) is 18.8 Å². The maximum absolute atomic E-state index is 12.4. The Balaban J connectivity index is 2.66. The average molecular weight is 311 g/mol. The first kappa shape index (κ1) is 17.4. The molecular formula is C14H18FN3O4. The predicted molar refractivity (Wildman–Crippen MR) is 78.6 cm³/mol. The molecule has 0 saturated carbocycles. The second kappa shape index (κ2) is 7.96. The van der Waals surface area contributed by atoms with Crippen molar-refractivity contribution in [2.24, 2.45) is 0 Å². The van der Waals surface area contributed by atoms with Gasteiger partial charge in [0, 0.05) is 17.3 Å². The Morgan fingerprint density at radius 1 is 1.14 bits per heavy atom. The molecule has 4 N–H and O–H groups in total. The Labute approximate surface area is 126 Å². The van der Waals surface area contributed by atoms with E-state index in [-0.39, 0.29) is 17.6 Å². The van der Waals surface area contributed by atoms with Crippen LogP contribution in [0.15, 0.2) is 24.3 Å². The van der Waals surface area contributed by atoms with E-state index >= 15 is 0 Å². The van der Waals surface area contributed by atoms with Crippen molar-refractivity contribution in [2.75, 3.05) is 12.0 Å². The van der Waals surface area contributed by atoms with Crippen molar-refractivity contribution in [2.45, 2.75) is 25.9 Å². The van der Waals surface area contributed by atoms with Crippen LogP contribution in [0, 0.1) is 0 Å². The normalized spacial score (nSPS) is 11.6. The molecular weight excluding hydrogens is 293 g/mol. The van der Waals surface area contributed by atoms with E-state index in [0.717, 1.165) is 0 Å². The molecule has 0 radical (unpaired) electrons. The predicted octanol–water partition coefficient (Wildman–Crippen LogP) is 1.37. The molecule has 1 aromatic rings. The molecule has 1 rings (SSSR count). The quantitative estimate of drug-likeness (QED) is 0.636. The van der Waals surface area contributed by atoms with Gasteiger partial charge in [0.05, 0.1) is 0 Å². The van der Waals surface area contributed by atoms with Crippen LogP contribution in [-0.4, -0.2) is 41.8 Å². The van der Waals surface area contributed by atoms with Gasteiger partial charge in [-0.3, -0.25) is 4.79 Å². The van der Waals surface area contributed by atoms with Crippen LogP contribution in [0.25, 0.3) is 0 Å². The minimum absolute atomic E-state index is 0.0151. The number of alkyl halides is 1. The van der Waals surface area contributed by atoms with Crippen molar-refractivity contribution >= 4 is 23.6 Å². The highest BCUT2D eigenvalue weighted by Gasteiger charge is 2.20. The van der Waals surface area contributed by atoms with Crippen LogP contribution in [0.3, 0.4) is 0 Å². The summed E-state index contributed by atoms with van der Waals surface area (Å²) in [4.78, 5) is 33.9. The lowest BCUT2D eigenvalue weighted by atomic mass is 10.2. The van der Waals surface area contributed by atoms with Gasteiger partial charge in [-0.15, -0.1) is 0 Å². The van der Waals surface area contributed by atoms with Gasteiger partial charge in [-0.2, -0.15) is 0 Å². The lowest BCUT2D eigenvalue weighted by Crippen LogP contribution is -2.42. The molecule has 0 saturated heterocycles. The van der Waals surface area contributed by atoms with Gasteiger partial charge in [0.2, 0.25) is 0 Å². The number of anilines is 1. The van der Waals surface area contributed by atoms with Crippen molar-refractivity contribution < 1.29 is 23.9 Å². The number of amides is 3. The number of aliphatic carboxylic acids is 1. The number of urea groups is 1. The zero-order valence-corrected chi connectivity index (χ0v) is 12.2. The first-order valence-corrected chi connectivity index (χ1v) is 6.60. The van der Waals surface area contributed by atoms with Gasteiger partial charge in [-0.1, -0.05) is 0 Å². The number of carboxylic acids is 1. The van der Waals surface area contributed by atoms with E-state index in [1.807, 2.05) is 13.8 Å². The first-order valence-electron chi connectivity index (χ1n) is 6.60. The molecule has 1 aromatic carbocycles. The molecule has 0 heterocycles. The van der Waals surface area contributed by atoms with Crippen molar-refractivity contribution in [1.29, 1.82) is 0 Å². The maximum atomic E-state index is 12.4. The Morgan fingerprint density at radius 2 is 1.73 bits per heavy atom. The molecule has 22 heavy (non-hydrogen) atoms. The largest absolute Gasteiger partial charge is 0.480 e. The highest BCUT2D eigenvalue weighted by Crippen LogP contribution is 2.10. The fourth-order valence-electron chi connectivity index (χ4n) is 1.54. The monoisotopic (exact) mass is 311 g/mol. The molecule has 120 valence electrons. The lowest BCUT2D eigenvalue weighted by Gasteiger charge is -2.12. The van der Waals surface area contributed by atoms with Gasteiger partial charge < -0.3 is 21.1 Å². The summed E-state index contributed by atoms with van der Waals surface area (Å²) in [6.45, 7) is 2.43. The SMILES string of the molecule is CC(C)NC(=O)Nc1ccc(C(=O)NC(CF)C(=O)O)cc1. The van der Waals surface area contributed by atoms with E-state index in [2.05, 4.69) is 16.0 Å². The van der Waals surface area contributed by atoms with Crippen LogP contribution < -0.4 is 16.0 Å². The molecule has 0 aromatic heterocycles. The number of hydrogen-bond donors (Lipinski definition) is 4. The summed E-state index contributed by atoms with van der Waals surface area (Å²) in [5, 5.41) is 15.9. The van der Waals surface area contributed by atoms with Crippen molar-refractivity contribution in [3.8, 4) is 0 Å². The summed E-state index contributed by atoms with van der Waals surface area (Å²) in [5.41, 5.74) is 0.629. The average Bonchev–Trinajstić information content (AvgIpc) is 2.43. The molecule has 0 aliphatic carbocycles. The second-order valence-corrected chi connectivity index (χ2v) is 4.85. The zero-order valence-electron chi connectivity index (χ0n) is 12.2. The minimum atomic E-state index is -1.58. The smallest absolute Gasteiger partial charge is 0.328 e. The lowest BCUT2D eigenvalue weighted by molar-refractivity contribution is -0.139. The highest BCUT2D eigenvalue weighted by atomic mass is 19.1. The van der Waals surface area contributed by atoms with Crippen LogP contribution in [0.5, 0.6) is 0 Å². The molecule has 0 spiro atoms. The van der Waals surface area contributed by atoms with Gasteiger partial charge in [-0.25, -0.2) is 14.0 Å². The van der Waals surface area contributed by atoms with E-state index in [1.165, 1.54) is 24.3 Å². The van der Waals surface area contributed by atoms with Gasteiger partial charge in [0.15, 0.2) is 6.04 Å². The number of hydrogen-bond acceptors (Lipinski definition) is 3. The second-order valence-electron chi connectivity index (χ2n) is 4.85. The summed E-state index contributed by atoms with van der Waals surface area (Å²) in [7, 11) is 0. The van der Waals surface area contributed by atoms with E-state index in [1.54, 1.807) is 0 Å². The fraction of sp³-hybridized carbons (Fsp3) is 0.357. The van der Waals surface area contributed by atoms with Gasteiger partial charge in [-0.05, 0) is 38.1 Å². The third-order valence-electron chi connectivity index (χ3n) is 2.58.